The largest absolute Gasteiger partial charge is 0.388 e. The van der Waals surface area contributed by atoms with Gasteiger partial charge in [0.1, 0.15) is 5.82 Å². The molecule has 2 aromatic heterocycles. The van der Waals surface area contributed by atoms with Crippen LogP contribution in [0.1, 0.15) is 12.8 Å². The number of aromatic amines is 1. The van der Waals surface area contributed by atoms with Crippen LogP contribution in [0.25, 0.3) is 11.0 Å². The molecule has 3 N–H and O–H groups in total. The van der Waals surface area contributed by atoms with E-state index in [-0.39, 0.29) is 0 Å². The van der Waals surface area contributed by atoms with Crippen molar-refractivity contribution in [3.63, 3.8) is 0 Å². The van der Waals surface area contributed by atoms with Gasteiger partial charge in [-0.05, 0) is 0 Å². The number of fused-ring (bicyclic) bond motifs is 1. The van der Waals surface area contributed by atoms with Gasteiger partial charge >= 0.3 is 0 Å². The Hall–Kier alpha value is -1.93. The van der Waals surface area contributed by atoms with Crippen molar-refractivity contribution in [3.05, 3.63) is 6.20 Å². The lowest BCUT2D eigenvalue weighted by molar-refractivity contribution is -0.0573. The van der Waals surface area contributed by atoms with Crippen LogP contribution in [0, 0.1) is 0 Å². The standard InChI is InChI=1S/C13H20N6O2/c1-14-12-16-10-9(7-15-18-10)11(17-12)19(2)8-13(20)3-5-21-6-4-13/h7,20H,3-6,8H2,1-2H3,(H2,14,15,16,17,18). The lowest BCUT2D eigenvalue weighted by Crippen LogP contribution is -2.46. The highest BCUT2D eigenvalue weighted by Gasteiger charge is 2.32. The van der Waals surface area contributed by atoms with E-state index in [0.717, 1.165) is 11.2 Å². The maximum atomic E-state index is 10.6. The molecule has 2 aromatic rings. The van der Waals surface area contributed by atoms with E-state index in [4.69, 9.17) is 4.74 Å². The first-order valence-electron chi connectivity index (χ1n) is 7.01. The zero-order valence-corrected chi connectivity index (χ0v) is 12.3. The Kier molecular flexibility index (Phi) is 3.64. The molecule has 114 valence electrons. The topological polar surface area (TPSA) is 99.2 Å². The van der Waals surface area contributed by atoms with Crippen LogP contribution < -0.4 is 10.2 Å². The fourth-order valence-electron chi connectivity index (χ4n) is 2.65. The quantitative estimate of drug-likeness (QED) is 0.748. The molecule has 0 spiro atoms. The highest BCUT2D eigenvalue weighted by molar-refractivity contribution is 5.87. The van der Waals surface area contributed by atoms with Gasteiger partial charge in [0.15, 0.2) is 5.65 Å². The molecular formula is C13H20N6O2. The maximum Gasteiger partial charge on any atom is 0.226 e. The Morgan fingerprint density at radius 2 is 2.19 bits per heavy atom. The second-order valence-electron chi connectivity index (χ2n) is 5.45. The molecular weight excluding hydrogens is 272 g/mol. The summed E-state index contributed by atoms with van der Waals surface area (Å²) in [4.78, 5) is 10.8. The number of aliphatic hydroxyl groups is 1. The van der Waals surface area contributed by atoms with Crippen molar-refractivity contribution in [3.8, 4) is 0 Å². The van der Waals surface area contributed by atoms with Gasteiger partial charge in [0.2, 0.25) is 5.95 Å². The molecule has 3 heterocycles. The molecule has 8 nitrogen and oxygen atoms in total. The normalized spacial score (nSPS) is 17.9. The SMILES string of the molecule is CNc1nc(N(C)CC2(O)CCOCC2)c2cn[nH]c2n1. The van der Waals surface area contributed by atoms with Gasteiger partial charge in [-0.25, -0.2) is 0 Å². The predicted molar refractivity (Wildman–Crippen MR) is 79.5 cm³/mol. The summed E-state index contributed by atoms with van der Waals surface area (Å²) in [7, 11) is 3.69. The van der Waals surface area contributed by atoms with E-state index >= 15 is 0 Å². The number of likely N-dealkylation sites (N-methyl/N-ethyl adjacent to an activating group) is 1. The van der Waals surface area contributed by atoms with Crippen LogP contribution >= 0.6 is 0 Å². The van der Waals surface area contributed by atoms with Crippen molar-refractivity contribution >= 4 is 22.8 Å². The third kappa shape index (κ3) is 2.77. The molecule has 0 radical (unpaired) electrons. The zero-order chi connectivity index (χ0) is 14.9. The Balaban J connectivity index is 1.89. The van der Waals surface area contributed by atoms with Crippen molar-refractivity contribution in [1.29, 1.82) is 0 Å². The predicted octanol–water partition coefficient (Wildman–Crippen LogP) is 0.372. The molecule has 21 heavy (non-hydrogen) atoms. The van der Waals surface area contributed by atoms with E-state index in [2.05, 4.69) is 25.5 Å². The summed E-state index contributed by atoms with van der Waals surface area (Å²) in [5.74, 6) is 1.27. The van der Waals surface area contributed by atoms with Gasteiger partial charge in [0.25, 0.3) is 0 Å². The fourth-order valence-corrected chi connectivity index (χ4v) is 2.65. The van der Waals surface area contributed by atoms with Gasteiger partial charge < -0.3 is 20.1 Å². The van der Waals surface area contributed by atoms with Gasteiger partial charge in [-0.2, -0.15) is 15.1 Å². The van der Waals surface area contributed by atoms with Crippen molar-refractivity contribution in [1.82, 2.24) is 20.2 Å². The summed E-state index contributed by atoms with van der Waals surface area (Å²) in [5, 5.41) is 21.3. The molecule has 0 unspecified atom stereocenters. The average Bonchev–Trinajstić information content (AvgIpc) is 2.94. The van der Waals surface area contributed by atoms with Crippen LogP contribution in [0.2, 0.25) is 0 Å². The van der Waals surface area contributed by atoms with Gasteiger partial charge in [0.05, 0.1) is 17.2 Å². The Morgan fingerprint density at radius 1 is 1.43 bits per heavy atom. The van der Waals surface area contributed by atoms with Crippen LogP contribution in [0.15, 0.2) is 6.20 Å². The molecule has 1 aliphatic rings. The number of anilines is 2. The number of hydrogen-bond donors (Lipinski definition) is 3. The maximum absolute atomic E-state index is 10.6. The van der Waals surface area contributed by atoms with Gasteiger partial charge in [-0.3, -0.25) is 5.10 Å². The minimum Gasteiger partial charge on any atom is -0.388 e. The molecule has 0 saturated carbocycles. The first-order valence-corrected chi connectivity index (χ1v) is 7.01. The molecule has 3 rings (SSSR count). The first kappa shape index (κ1) is 14.0. The lowest BCUT2D eigenvalue weighted by atomic mass is 9.94. The number of nitrogens with zero attached hydrogens (tertiary/aromatic N) is 4. The molecule has 0 bridgehead atoms. The van der Waals surface area contributed by atoms with E-state index in [0.29, 0.717) is 44.2 Å². The van der Waals surface area contributed by atoms with E-state index in [1.54, 1.807) is 13.2 Å². The Morgan fingerprint density at radius 3 is 2.90 bits per heavy atom. The second-order valence-corrected chi connectivity index (χ2v) is 5.45. The molecule has 0 amide bonds. The van der Waals surface area contributed by atoms with Crippen LogP contribution in [0.3, 0.4) is 0 Å². The molecule has 1 fully saturated rings. The van der Waals surface area contributed by atoms with Crippen LogP contribution in [-0.2, 0) is 4.74 Å². The Labute approximate surface area is 122 Å². The summed E-state index contributed by atoms with van der Waals surface area (Å²) in [6, 6.07) is 0. The number of aromatic nitrogens is 4. The van der Waals surface area contributed by atoms with E-state index in [1.165, 1.54) is 0 Å². The van der Waals surface area contributed by atoms with Gasteiger partial charge in [-0.15, -0.1) is 0 Å². The van der Waals surface area contributed by atoms with Gasteiger partial charge in [0, 0.05) is 46.7 Å². The van der Waals surface area contributed by atoms with Crippen molar-refractivity contribution in [2.24, 2.45) is 0 Å². The van der Waals surface area contributed by atoms with E-state index in [1.807, 2.05) is 11.9 Å². The second kappa shape index (κ2) is 5.45. The number of rotatable bonds is 4. The molecule has 0 atom stereocenters. The van der Waals surface area contributed by atoms with Gasteiger partial charge in [-0.1, -0.05) is 0 Å². The molecule has 8 heteroatoms. The van der Waals surface area contributed by atoms with Crippen LogP contribution in [0.5, 0.6) is 0 Å². The summed E-state index contributed by atoms with van der Waals surface area (Å²) >= 11 is 0. The fraction of sp³-hybridized carbons (Fsp3) is 0.615. The third-order valence-corrected chi connectivity index (χ3v) is 3.83. The monoisotopic (exact) mass is 292 g/mol. The van der Waals surface area contributed by atoms with Crippen LogP contribution in [-0.4, -0.2) is 64.7 Å². The van der Waals surface area contributed by atoms with Crippen molar-refractivity contribution < 1.29 is 9.84 Å². The van der Waals surface area contributed by atoms with Crippen molar-refractivity contribution in [2.75, 3.05) is 44.1 Å². The highest BCUT2D eigenvalue weighted by atomic mass is 16.5. The third-order valence-electron chi connectivity index (χ3n) is 3.83. The summed E-state index contributed by atoms with van der Waals surface area (Å²) in [6.45, 7) is 1.69. The number of H-pyrrole nitrogens is 1. The number of hydrogen-bond acceptors (Lipinski definition) is 7. The van der Waals surface area contributed by atoms with Crippen LogP contribution in [0.4, 0.5) is 11.8 Å². The smallest absolute Gasteiger partial charge is 0.226 e. The lowest BCUT2D eigenvalue weighted by Gasteiger charge is -2.35. The average molecular weight is 292 g/mol. The minimum absolute atomic E-state index is 0.497. The van der Waals surface area contributed by atoms with E-state index in [9.17, 15) is 5.11 Å². The molecule has 1 aliphatic heterocycles. The summed E-state index contributed by atoms with van der Waals surface area (Å²) in [6.07, 6.45) is 2.97. The zero-order valence-electron chi connectivity index (χ0n) is 12.3. The summed E-state index contributed by atoms with van der Waals surface area (Å²) < 4.78 is 5.32. The van der Waals surface area contributed by atoms with Crippen molar-refractivity contribution in [2.45, 2.75) is 18.4 Å². The minimum atomic E-state index is -0.742. The first-order chi connectivity index (χ1) is 10.1. The Bertz CT molecular complexity index is 622. The number of ether oxygens (including phenoxy) is 1. The molecule has 0 aromatic carbocycles. The highest BCUT2D eigenvalue weighted by Crippen LogP contribution is 2.27. The van der Waals surface area contributed by atoms with E-state index < -0.39 is 5.60 Å². The summed E-state index contributed by atoms with van der Waals surface area (Å²) in [5.41, 5.74) is -0.0662. The number of nitrogens with one attached hydrogen (secondary N) is 2. The molecule has 0 aliphatic carbocycles. The molecule has 1 saturated heterocycles.